The summed E-state index contributed by atoms with van der Waals surface area (Å²) in [6.07, 6.45) is 5.43. The molecule has 0 aliphatic rings. The lowest BCUT2D eigenvalue weighted by Gasteiger charge is -2.16. The molecule has 0 aromatic carbocycles. The third kappa shape index (κ3) is 3.10. The Morgan fingerprint density at radius 3 is 3.06 bits per heavy atom. The van der Waals surface area contributed by atoms with Gasteiger partial charge in [-0.05, 0) is 19.1 Å². The zero-order chi connectivity index (χ0) is 12.3. The smallest absolute Gasteiger partial charge is 0.151 e. The minimum Gasteiger partial charge on any atom is -0.396 e. The van der Waals surface area contributed by atoms with Crippen molar-refractivity contribution in [2.45, 2.75) is 19.5 Å². The maximum absolute atomic E-state index is 5.82. The fraction of sp³-hybridized carbons (Fsp3) is 0.273. The van der Waals surface area contributed by atoms with Crippen molar-refractivity contribution < 1.29 is 0 Å². The summed E-state index contributed by atoms with van der Waals surface area (Å²) in [5.74, 6) is 0.616. The number of hydrogen-bond acceptors (Lipinski definition) is 4. The molecule has 0 spiro atoms. The quantitative estimate of drug-likeness (QED) is 0.816. The Morgan fingerprint density at radius 1 is 1.53 bits per heavy atom. The highest BCUT2D eigenvalue weighted by atomic mass is 35.5. The van der Waals surface area contributed by atoms with Crippen LogP contribution in [0.3, 0.4) is 0 Å². The molecule has 6 heteroatoms. The van der Waals surface area contributed by atoms with Gasteiger partial charge in [0.1, 0.15) is 5.15 Å². The molecular formula is C11H14ClN5. The number of aromatic nitrogens is 3. The Labute approximate surface area is 105 Å². The van der Waals surface area contributed by atoms with Crippen LogP contribution in [0.5, 0.6) is 0 Å². The number of nitrogen functional groups attached to an aromatic ring is 1. The number of nitrogens with one attached hydrogen (secondary N) is 1. The van der Waals surface area contributed by atoms with Gasteiger partial charge in [0.15, 0.2) is 5.82 Å². The lowest BCUT2D eigenvalue weighted by Crippen LogP contribution is -2.22. The SMILES string of the molecule is CC(Cn1ccnc1)Nc1nc(Cl)ccc1N. The lowest BCUT2D eigenvalue weighted by molar-refractivity contribution is 0.617. The van der Waals surface area contributed by atoms with Gasteiger partial charge in [0, 0.05) is 25.0 Å². The Hall–Kier alpha value is -1.75. The third-order valence-electron chi connectivity index (χ3n) is 2.32. The molecule has 0 radical (unpaired) electrons. The molecule has 0 fully saturated rings. The molecule has 17 heavy (non-hydrogen) atoms. The first-order valence-corrected chi connectivity index (χ1v) is 5.67. The van der Waals surface area contributed by atoms with Crippen LogP contribution in [-0.4, -0.2) is 20.6 Å². The summed E-state index contributed by atoms with van der Waals surface area (Å²) in [6, 6.07) is 3.59. The Kier molecular flexibility index (Phi) is 3.49. The summed E-state index contributed by atoms with van der Waals surface area (Å²) in [6.45, 7) is 2.83. The molecule has 3 N–H and O–H groups in total. The molecule has 0 aliphatic carbocycles. The van der Waals surface area contributed by atoms with Crippen LogP contribution in [0, 0.1) is 0 Å². The van der Waals surface area contributed by atoms with E-state index in [2.05, 4.69) is 15.3 Å². The molecule has 0 aliphatic heterocycles. The molecule has 2 heterocycles. The summed E-state index contributed by atoms with van der Waals surface area (Å²) in [4.78, 5) is 8.13. The fourth-order valence-electron chi connectivity index (χ4n) is 1.55. The zero-order valence-electron chi connectivity index (χ0n) is 9.47. The van der Waals surface area contributed by atoms with Crippen LogP contribution in [0.1, 0.15) is 6.92 Å². The Balaban J connectivity index is 2.02. The second kappa shape index (κ2) is 5.05. The predicted molar refractivity (Wildman–Crippen MR) is 69.0 cm³/mol. The molecule has 1 atom stereocenters. The van der Waals surface area contributed by atoms with E-state index in [1.54, 1.807) is 24.7 Å². The van der Waals surface area contributed by atoms with E-state index in [1.165, 1.54) is 0 Å². The first-order valence-electron chi connectivity index (χ1n) is 5.29. The van der Waals surface area contributed by atoms with Crippen molar-refractivity contribution in [1.29, 1.82) is 0 Å². The van der Waals surface area contributed by atoms with Gasteiger partial charge in [-0.3, -0.25) is 0 Å². The van der Waals surface area contributed by atoms with E-state index < -0.39 is 0 Å². The molecular weight excluding hydrogens is 238 g/mol. The van der Waals surface area contributed by atoms with Crippen LogP contribution in [0.4, 0.5) is 11.5 Å². The second-order valence-electron chi connectivity index (χ2n) is 3.88. The van der Waals surface area contributed by atoms with Crippen molar-refractivity contribution in [3.8, 4) is 0 Å². The molecule has 0 amide bonds. The molecule has 5 nitrogen and oxygen atoms in total. The number of nitrogens with two attached hydrogens (primary N) is 1. The van der Waals surface area contributed by atoms with Gasteiger partial charge in [0.25, 0.3) is 0 Å². The molecule has 2 rings (SSSR count). The number of nitrogens with zero attached hydrogens (tertiary/aromatic N) is 3. The van der Waals surface area contributed by atoms with Gasteiger partial charge >= 0.3 is 0 Å². The average molecular weight is 252 g/mol. The average Bonchev–Trinajstić information content (AvgIpc) is 2.76. The maximum atomic E-state index is 5.82. The van der Waals surface area contributed by atoms with Crippen LogP contribution in [-0.2, 0) is 6.54 Å². The number of halogens is 1. The first-order chi connectivity index (χ1) is 8.15. The van der Waals surface area contributed by atoms with Gasteiger partial charge in [-0.25, -0.2) is 9.97 Å². The van der Waals surface area contributed by atoms with E-state index >= 15 is 0 Å². The van der Waals surface area contributed by atoms with Gasteiger partial charge in [-0.2, -0.15) is 0 Å². The zero-order valence-corrected chi connectivity index (χ0v) is 10.2. The van der Waals surface area contributed by atoms with Gasteiger partial charge < -0.3 is 15.6 Å². The third-order valence-corrected chi connectivity index (χ3v) is 2.53. The van der Waals surface area contributed by atoms with Crippen molar-refractivity contribution in [3.05, 3.63) is 36.0 Å². The second-order valence-corrected chi connectivity index (χ2v) is 4.26. The van der Waals surface area contributed by atoms with Crippen molar-refractivity contribution in [2.75, 3.05) is 11.1 Å². The van der Waals surface area contributed by atoms with Crippen LogP contribution >= 0.6 is 11.6 Å². The van der Waals surface area contributed by atoms with E-state index in [0.717, 1.165) is 6.54 Å². The normalized spacial score (nSPS) is 12.4. The number of hydrogen-bond donors (Lipinski definition) is 2. The molecule has 0 saturated carbocycles. The van der Waals surface area contributed by atoms with Gasteiger partial charge in [0.05, 0.1) is 12.0 Å². The van der Waals surface area contributed by atoms with Gasteiger partial charge in [-0.1, -0.05) is 11.6 Å². The number of imidazole rings is 1. The summed E-state index contributed by atoms with van der Waals surface area (Å²) >= 11 is 5.82. The van der Waals surface area contributed by atoms with Crippen LogP contribution in [0.2, 0.25) is 5.15 Å². The van der Waals surface area contributed by atoms with Gasteiger partial charge in [-0.15, -0.1) is 0 Å². The summed E-state index contributed by atoms with van der Waals surface area (Å²) in [5, 5.41) is 3.65. The van der Waals surface area contributed by atoms with E-state index in [-0.39, 0.29) is 6.04 Å². The molecule has 0 bridgehead atoms. The lowest BCUT2D eigenvalue weighted by atomic mass is 10.3. The first kappa shape index (κ1) is 11.7. The van der Waals surface area contributed by atoms with E-state index in [4.69, 9.17) is 17.3 Å². The molecule has 1 unspecified atom stereocenters. The van der Waals surface area contributed by atoms with E-state index in [9.17, 15) is 0 Å². The topological polar surface area (TPSA) is 68.8 Å². The van der Waals surface area contributed by atoms with E-state index in [1.807, 2.05) is 17.7 Å². The summed E-state index contributed by atoms with van der Waals surface area (Å²) in [7, 11) is 0. The highest BCUT2D eigenvalue weighted by Crippen LogP contribution is 2.19. The largest absolute Gasteiger partial charge is 0.396 e. The minimum atomic E-state index is 0.178. The highest BCUT2D eigenvalue weighted by Gasteiger charge is 2.07. The van der Waals surface area contributed by atoms with E-state index in [0.29, 0.717) is 16.7 Å². The van der Waals surface area contributed by atoms with Crippen LogP contribution < -0.4 is 11.1 Å². The standard InChI is InChI=1S/C11H14ClN5/c1-8(6-17-5-4-14-7-17)15-11-9(13)2-3-10(12)16-11/h2-5,7-8H,6,13H2,1H3,(H,15,16). The minimum absolute atomic E-state index is 0.178. The Bertz CT molecular complexity index is 483. The predicted octanol–water partition coefficient (Wildman–Crippen LogP) is 2.01. The number of anilines is 2. The van der Waals surface area contributed by atoms with Crippen molar-refractivity contribution in [2.24, 2.45) is 0 Å². The molecule has 90 valence electrons. The number of rotatable bonds is 4. The van der Waals surface area contributed by atoms with Crippen LogP contribution in [0.15, 0.2) is 30.9 Å². The monoisotopic (exact) mass is 251 g/mol. The highest BCUT2D eigenvalue weighted by molar-refractivity contribution is 6.29. The van der Waals surface area contributed by atoms with Crippen molar-refractivity contribution in [1.82, 2.24) is 14.5 Å². The number of pyridine rings is 1. The molecule has 2 aromatic rings. The van der Waals surface area contributed by atoms with Crippen molar-refractivity contribution >= 4 is 23.1 Å². The maximum Gasteiger partial charge on any atom is 0.151 e. The Morgan fingerprint density at radius 2 is 2.35 bits per heavy atom. The van der Waals surface area contributed by atoms with Crippen LogP contribution in [0.25, 0.3) is 0 Å². The van der Waals surface area contributed by atoms with Crippen molar-refractivity contribution in [3.63, 3.8) is 0 Å². The fourth-order valence-corrected chi connectivity index (χ4v) is 1.70. The van der Waals surface area contributed by atoms with Gasteiger partial charge in [0.2, 0.25) is 0 Å². The molecule has 0 saturated heterocycles. The summed E-state index contributed by atoms with van der Waals surface area (Å²) in [5.41, 5.74) is 6.40. The summed E-state index contributed by atoms with van der Waals surface area (Å²) < 4.78 is 1.98. The molecule has 2 aromatic heterocycles.